The quantitative estimate of drug-likeness (QED) is 0.0330. The van der Waals surface area contributed by atoms with E-state index in [4.69, 9.17) is 9.47 Å². The first-order valence-corrected chi connectivity index (χ1v) is 34.7. The van der Waals surface area contributed by atoms with Crippen molar-refractivity contribution in [3.05, 3.63) is 0 Å². The first kappa shape index (κ1) is 74.2. The lowest BCUT2D eigenvalue weighted by molar-refractivity contribution is -0.302. The Hall–Kier alpha value is -0.810. The van der Waals surface area contributed by atoms with Crippen LogP contribution >= 0.6 is 0 Å². The fourth-order valence-corrected chi connectivity index (χ4v) is 11.8. The Bertz CT molecular complexity index is 1180. The standard InChI is InChI=1S/C68H135NO8/c1-3-5-7-9-11-13-15-17-19-21-23-25-27-29-30-31-32-33-34-35-37-39-41-43-45-47-49-51-53-55-57-62(71)61(60-76-68-67(75)66(74)65(73)63(59-70)77-68)69-64(72)58-56-54-52-50-48-46-44-42-40-38-36-28-26-24-22-20-18-16-14-12-10-8-6-4-2/h61-63,65-68,70-71,73-75H,3-60H2,1-2H3,(H,69,72). The molecule has 1 aliphatic heterocycles. The Balaban J connectivity index is 2.10. The maximum Gasteiger partial charge on any atom is 0.220 e. The van der Waals surface area contributed by atoms with E-state index in [-0.39, 0.29) is 12.5 Å². The van der Waals surface area contributed by atoms with Crippen molar-refractivity contribution >= 4 is 5.91 Å². The minimum Gasteiger partial charge on any atom is -0.394 e. The van der Waals surface area contributed by atoms with E-state index in [0.29, 0.717) is 12.8 Å². The highest BCUT2D eigenvalue weighted by Gasteiger charge is 2.44. The van der Waals surface area contributed by atoms with Gasteiger partial charge in [-0.3, -0.25) is 4.79 Å². The van der Waals surface area contributed by atoms with Crippen LogP contribution in [0.15, 0.2) is 0 Å². The van der Waals surface area contributed by atoms with Crippen LogP contribution in [0.1, 0.15) is 373 Å². The van der Waals surface area contributed by atoms with Crippen LogP contribution in [0.3, 0.4) is 0 Å². The molecule has 77 heavy (non-hydrogen) atoms. The van der Waals surface area contributed by atoms with Gasteiger partial charge in [-0.15, -0.1) is 0 Å². The smallest absolute Gasteiger partial charge is 0.220 e. The summed E-state index contributed by atoms with van der Waals surface area (Å²) in [5.41, 5.74) is 0. The molecule has 0 saturated carbocycles. The zero-order chi connectivity index (χ0) is 55.8. The zero-order valence-electron chi connectivity index (χ0n) is 51.5. The highest BCUT2D eigenvalue weighted by molar-refractivity contribution is 5.76. The van der Waals surface area contributed by atoms with Crippen LogP contribution in [0.4, 0.5) is 0 Å². The largest absolute Gasteiger partial charge is 0.394 e. The summed E-state index contributed by atoms with van der Waals surface area (Å²) < 4.78 is 11.4. The molecule has 0 spiro atoms. The SMILES string of the molecule is CCCCCCCCCCCCCCCCCCCCCCCCCCCCCCCCC(O)C(COC1OC(CO)C(O)C(O)C1O)NC(=O)CCCCCCCCCCCCCCCCCCCCCCCCCC. The maximum atomic E-state index is 13.1. The van der Waals surface area contributed by atoms with Gasteiger partial charge >= 0.3 is 0 Å². The summed E-state index contributed by atoms with van der Waals surface area (Å²) in [7, 11) is 0. The van der Waals surface area contributed by atoms with E-state index in [2.05, 4.69) is 19.2 Å². The molecular formula is C68H135NO8. The normalized spacial score (nSPS) is 18.6. The Morgan fingerprint density at radius 2 is 0.649 bits per heavy atom. The average molecular weight is 1090 g/mol. The van der Waals surface area contributed by atoms with E-state index in [9.17, 15) is 30.3 Å². The van der Waals surface area contributed by atoms with Gasteiger partial charge in [0.2, 0.25) is 5.91 Å². The van der Waals surface area contributed by atoms with E-state index in [1.165, 1.54) is 308 Å². The fourth-order valence-electron chi connectivity index (χ4n) is 11.8. The molecule has 0 aromatic heterocycles. The van der Waals surface area contributed by atoms with Gasteiger partial charge in [0.25, 0.3) is 0 Å². The number of aliphatic hydroxyl groups excluding tert-OH is 5. The number of aliphatic hydroxyl groups is 5. The van der Waals surface area contributed by atoms with Crippen molar-refractivity contribution in [1.82, 2.24) is 5.32 Å². The van der Waals surface area contributed by atoms with E-state index < -0.39 is 49.5 Å². The summed E-state index contributed by atoms with van der Waals surface area (Å²) in [6.07, 6.45) is 66.0. The summed E-state index contributed by atoms with van der Waals surface area (Å²) in [6.45, 7) is 3.91. The molecule has 1 amide bonds. The van der Waals surface area contributed by atoms with Gasteiger partial charge < -0.3 is 40.3 Å². The highest BCUT2D eigenvalue weighted by atomic mass is 16.7. The van der Waals surface area contributed by atoms with Crippen molar-refractivity contribution in [2.75, 3.05) is 13.2 Å². The average Bonchev–Trinajstić information content (AvgIpc) is 3.43. The van der Waals surface area contributed by atoms with Crippen molar-refractivity contribution in [3.8, 4) is 0 Å². The molecule has 0 aromatic rings. The molecule has 0 bridgehead atoms. The second-order valence-electron chi connectivity index (χ2n) is 24.7. The second-order valence-corrected chi connectivity index (χ2v) is 24.7. The van der Waals surface area contributed by atoms with E-state index in [1.807, 2.05) is 0 Å². The van der Waals surface area contributed by atoms with E-state index in [1.54, 1.807) is 0 Å². The predicted octanol–water partition coefficient (Wildman–Crippen LogP) is 18.5. The minimum absolute atomic E-state index is 0.130. The molecule has 1 heterocycles. The molecule has 460 valence electrons. The van der Waals surface area contributed by atoms with Crippen LogP contribution in [-0.4, -0.2) is 87.5 Å². The summed E-state index contributed by atoms with van der Waals surface area (Å²) in [6, 6.07) is -0.715. The fraction of sp³-hybridized carbons (Fsp3) is 0.985. The molecule has 1 aliphatic rings. The first-order chi connectivity index (χ1) is 37.8. The summed E-state index contributed by atoms with van der Waals surface area (Å²) in [5, 5.41) is 54.9. The Kier molecular flexibility index (Phi) is 56.3. The number of ether oxygens (including phenoxy) is 2. The Morgan fingerprint density at radius 3 is 0.922 bits per heavy atom. The van der Waals surface area contributed by atoms with E-state index >= 15 is 0 Å². The topological polar surface area (TPSA) is 149 Å². The molecule has 7 unspecified atom stereocenters. The van der Waals surface area contributed by atoms with Crippen LogP contribution in [0.5, 0.6) is 0 Å². The third-order valence-corrected chi connectivity index (χ3v) is 17.2. The van der Waals surface area contributed by atoms with Crippen LogP contribution in [-0.2, 0) is 14.3 Å². The lowest BCUT2D eigenvalue weighted by atomic mass is 9.99. The molecule has 1 saturated heterocycles. The van der Waals surface area contributed by atoms with Crippen molar-refractivity contribution in [2.24, 2.45) is 0 Å². The highest BCUT2D eigenvalue weighted by Crippen LogP contribution is 2.24. The molecule has 9 heteroatoms. The van der Waals surface area contributed by atoms with Crippen molar-refractivity contribution < 1.29 is 39.8 Å². The van der Waals surface area contributed by atoms with Gasteiger partial charge in [-0.25, -0.2) is 0 Å². The van der Waals surface area contributed by atoms with Crippen LogP contribution < -0.4 is 5.32 Å². The predicted molar refractivity (Wildman–Crippen MR) is 328 cm³/mol. The third kappa shape index (κ3) is 47.4. The molecular weight excluding hydrogens is 959 g/mol. The van der Waals surface area contributed by atoms with Gasteiger partial charge in [0.15, 0.2) is 6.29 Å². The number of hydrogen-bond donors (Lipinski definition) is 6. The third-order valence-electron chi connectivity index (χ3n) is 17.2. The van der Waals surface area contributed by atoms with Gasteiger partial charge in [-0.1, -0.05) is 354 Å². The zero-order valence-corrected chi connectivity index (χ0v) is 51.5. The number of carbonyl (C=O) groups is 1. The van der Waals surface area contributed by atoms with Gasteiger partial charge in [0, 0.05) is 6.42 Å². The van der Waals surface area contributed by atoms with Gasteiger partial charge in [-0.05, 0) is 12.8 Å². The second kappa shape index (κ2) is 58.4. The van der Waals surface area contributed by atoms with Crippen molar-refractivity contribution in [3.63, 3.8) is 0 Å². The molecule has 1 rings (SSSR count). The van der Waals surface area contributed by atoms with Gasteiger partial charge in [0.1, 0.15) is 24.4 Å². The van der Waals surface area contributed by atoms with Crippen LogP contribution in [0, 0.1) is 0 Å². The summed E-state index contributed by atoms with van der Waals surface area (Å²) in [5.74, 6) is -0.133. The lowest BCUT2D eigenvalue weighted by Gasteiger charge is -2.40. The lowest BCUT2D eigenvalue weighted by Crippen LogP contribution is -2.60. The van der Waals surface area contributed by atoms with Crippen molar-refractivity contribution in [1.29, 1.82) is 0 Å². The van der Waals surface area contributed by atoms with Crippen LogP contribution in [0.25, 0.3) is 0 Å². The molecule has 9 nitrogen and oxygen atoms in total. The van der Waals surface area contributed by atoms with Gasteiger partial charge in [0.05, 0.1) is 25.4 Å². The molecule has 6 N–H and O–H groups in total. The van der Waals surface area contributed by atoms with Crippen LogP contribution in [0.2, 0.25) is 0 Å². The first-order valence-electron chi connectivity index (χ1n) is 34.7. The number of hydrogen-bond acceptors (Lipinski definition) is 8. The number of amides is 1. The molecule has 1 fully saturated rings. The molecule has 0 radical (unpaired) electrons. The minimum atomic E-state index is -1.55. The Morgan fingerprint density at radius 1 is 0.390 bits per heavy atom. The summed E-state index contributed by atoms with van der Waals surface area (Å²) >= 11 is 0. The Labute approximate surface area is 478 Å². The molecule has 0 aliphatic carbocycles. The number of unbranched alkanes of at least 4 members (excludes halogenated alkanes) is 52. The maximum absolute atomic E-state index is 13.1. The van der Waals surface area contributed by atoms with Crippen molar-refractivity contribution in [2.45, 2.75) is 416 Å². The molecule has 7 atom stereocenters. The number of nitrogens with one attached hydrogen (secondary N) is 1. The van der Waals surface area contributed by atoms with E-state index in [0.717, 1.165) is 38.5 Å². The molecule has 0 aromatic carbocycles. The van der Waals surface area contributed by atoms with Gasteiger partial charge in [-0.2, -0.15) is 0 Å². The summed E-state index contributed by atoms with van der Waals surface area (Å²) in [4.78, 5) is 13.1. The number of rotatable bonds is 62. The monoisotopic (exact) mass is 1090 g/mol. The number of carbonyl (C=O) groups excluding carboxylic acids is 1.